The summed E-state index contributed by atoms with van der Waals surface area (Å²) in [6.07, 6.45) is 14.6. The number of amides is 1. The number of rotatable bonds is 13. The second kappa shape index (κ2) is 17.8. The predicted molar refractivity (Wildman–Crippen MR) is 236 cm³/mol. The van der Waals surface area contributed by atoms with Crippen LogP contribution in [0.5, 0.6) is 11.5 Å². The van der Waals surface area contributed by atoms with Crippen molar-refractivity contribution in [3.05, 3.63) is 111 Å². The van der Waals surface area contributed by atoms with E-state index in [9.17, 15) is 14.9 Å². The lowest BCUT2D eigenvalue weighted by Gasteiger charge is -2.47. The number of nitrogens with one attached hydrogen (secondary N) is 3. The van der Waals surface area contributed by atoms with Gasteiger partial charge in [-0.3, -0.25) is 24.5 Å². The predicted octanol–water partition coefficient (Wildman–Crippen LogP) is 9.52. The number of pyridine rings is 2. The zero-order chi connectivity index (χ0) is 41.1. The third kappa shape index (κ3) is 9.12. The van der Waals surface area contributed by atoms with Crippen molar-refractivity contribution in [2.45, 2.75) is 56.3 Å². The summed E-state index contributed by atoms with van der Waals surface area (Å²) in [5.41, 5.74) is 6.91. The Bertz CT molecular complexity index is 2390. The molecule has 1 saturated carbocycles. The topological polar surface area (TPSA) is 151 Å². The fraction of sp³-hybridized carbons (Fsp3) is 0.400. The molecule has 3 fully saturated rings. The van der Waals surface area contributed by atoms with Crippen molar-refractivity contribution in [2.24, 2.45) is 11.3 Å². The Kier molecular flexibility index (Phi) is 12.0. The fourth-order valence-electron chi connectivity index (χ4n) is 9.02. The van der Waals surface area contributed by atoms with Crippen LogP contribution in [0.15, 0.2) is 89.7 Å². The minimum atomic E-state index is -0.493. The lowest BCUT2D eigenvalue weighted by Crippen LogP contribution is -2.47. The number of nitrogens with zero attached hydrogens (tertiary/aromatic N) is 5. The lowest BCUT2D eigenvalue weighted by atomic mass is 9.59. The number of H-pyrrole nitrogens is 1. The number of carbonyl (C=O) groups is 1. The van der Waals surface area contributed by atoms with E-state index in [-0.39, 0.29) is 17.1 Å². The Morgan fingerprint density at radius 3 is 2.60 bits per heavy atom. The van der Waals surface area contributed by atoms with Crippen molar-refractivity contribution < 1.29 is 19.2 Å². The van der Waals surface area contributed by atoms with Crippen LogP contribution in [0, 0.1) is 21.4 Å². The number of nitro benzene ring substituents is 1. The fourth-order valence-corrected chi connectivity index (χ4v) is 9.76. The quantitative estimate of drug-likeness (QED) is 0.0591. The van der Waals surface area contributed by atoms with Crippen LogP contribution in [0.4, 0.5) is 17.1 Å². The van der Waals surface area contributed by atoms with E-state index < -0.39 is 10.8 Å². The van der Waals surface area contributed by atoms with Crippen LogP contribution < -0.4 is 19.7 Å². The first-order chi connectivity index (χ1) is 29.3. The summed E-state index contributed by atoms with van der Waals surface area (Å²) in [6, 6.07) is 18.9. The van der Waals surface area contributed by atoms with Crippen molar-refractivity contribution in [1.29, 1.82) is 0 Å². The highest BCUT2D eigenvalue weighted by molar-refractivity contribution is 7.98. The summed E-state index contributed by atoms with van der Waals surface area (Å²) in [5, 5.41) is 16.9. The smallest absolute Gasteiger partial charge is 0.293 e. The average molecular weight is 849 g/mol. The molecule has 5 heterocycles. The van der Waals surface area contributed by atoms with Gasteiger partial charge in [-0.2, -0.15) is 0 Å². The van der Waals surface area contributed by atoms with E-state index in [2.05, 4.69) is 46.9 Å². The SMILES string of the molecule is O=C(NSc1ccc(NCC2CCOCC2)c([N+](=O)[O-])c1)c1ncc(N2CCN(CC3=C(c4ccc(Cl)cc4)CC4(CCC4)CC3)CC2)cc1Oc1cnc2[nH]ccc2c1. The number of allylic oxidation sites excluding steroid dienone is 1. The molecule has 2 aliphatic carbocycles. The van der Waals surface area contributed by atoms with Crippen molar-refractivity contribution >= 4 is 63.1 Å². The van der Waals surface area contributed by atoms with E-state index in [1.54, 1.807) is 30.1 Å². The number of hydrogen-bond donors (Lipinski definition) is 3. The summed E-state index contributed by atoms with van der Waals surface area (Å²) in [5.74, 6) is 0.652. The Morgan fingerprint density at radius 1 is 1.02 bits per heavy atom. The molecule has 15 heteroatoms. The summed E-state index contributed by atoms with van der Waals surface area (Å²) in [4.78, 5) is 43.0. The van der Waals surface area contributed by atoms with Gasteiger partial charge in [0.15, 0.2) is 11.4 Å². The zero-order valence-corrected chi connectivity index (χ0v) is 35.0. The van der Waals surface area contributed by atoms with E-state index in [4.69, 9.17) is 21.1 Å². The van der Waals surface area contributed by atoms with Crippen LogP contribution in [0.3, 0.4) is 0 Å². The van der Waals surface area contributed by atoms with Crippen LogP contribution in [0.25, 0.3) is 16.6 Å². The van der Waals surface area contributed by atoms with Crippen LogP contribution in [-0.4, -0.2) is 83.2 Å². The monoisotopic (exact) mass is 848 g/mol. The highest BCUT2D eigenvalue weighted by Crippen LogP contribution is 2.55. The summed E-state index contributed by atoms with van der Waals surface area (Å²) in [7, 11) is 0. The molecule has 4 aliphatic rings. The number of anilines is 2. The molecule has 0 radical (unpaired) electrons. The van der Waals surface area contributed by atoms with Crippen LogP contribution >= 0.6 is 23.5 Å². The Morgan fingerprint density at radius 2 is 1.83 bits per heavy atom. The molecule has 2 aromatic carbocycles. The number of aromatic amines is 1. The Labute approximate surface area is 358 Å². The van der Waals surface area contributed by atoms with E-state index in [1.165, 1.54) is 42.9 Å². The van der Waals surface area contributed by atoms with E-state index >= 15 is 0 Å². The van der Waals surface area contributed by atoms with Gasteiger partial charge in [0.05, 0.1) is 23.0 Å². The van der Waals surface area contributed by atoms with Crippen molar-refractivity contribution in [2.75, 3.05) is 62.7 Å². The molecule has 3 N–H and O–H groups in total. The third-order valence-electron chi connectivity index (χ3n) is 12.7. The second-order valence-corrected chi connectivity index (χ2v) is 17.8. The van der Waals surface area contributed by atoms with Crippen LogP contribution in [0.1, 0.15) is 67.4 Å². The number of nitro groups is 1. The molecule has 1 spiro atoms. The highest BCUT2D eigenvalue weighted by atomic mass is 35.5. The third-order valence-corrected chi connectivity index (χ3v) is 13.7. The minimum Gasteiger partial charge on any atom is -0.453 e. The van der Waals surface area contributed by atoms with Crippen molar-refractivity contribution in [3.8, 4) is 11.5 Å². The molecule has 9 rings (SSSR count). The standard InChI is InChI=1S/C45H49ClN8O5S/c46-34-4-2-31(3-5-34)38-25-45(12-1-13-45)14-8-33(38)29-52-16-18-53(19-17-52)35-23-41(59-36-22-32-9-15-47-43(32)50-28-36)42(49-27-35)44(55)51-60-37-6-7-39(40(24-37)54(56)57)48-26-30-10-20-58-21-11-30/h2-7,9,15,22-24,27-28,30,48H,1,8,10-14,16-21,25-26,29H2,(H,47,50)(H,51,55). The largest absolute Gasteiger partial charge is 0.453 e. The van der Waals surface area contributed by atoms with E-state index in [0.29, 0.717) is 47.4 Å². The van der Waals surface area contributed by atoms with Gasteiger partial charge in [0.25, 0.3) is 11.6 Å². The summed E-state index contributed by atoms with van der Waals surface area (Å²) in [6.45, 7) is 6.37. The van der Waals surface area contributed by atoms with Gasteiger partial charge in [-0.15, -0.1) is 0 Å². The van der Waals surface area contributed by atoms with Gasteiger partial charge >= 0.3 is 0 Å². The maximum atomic E-state index is 13.8. The van der Waals surface area contributed by atoms with Gasteiger partial charge in [0.2, 0.25) is 0 Å². The molecule has 2 saturated heterocycles. The normalized spacial score (nSPS) is 18.4. The number of piperazine rings is 1. The van der Waals surface area contributed by atoms with Gasteiger partial charge in [-0.25, -0.2) is 9.97 Å². The zero-order valence-electron chi connectivity index (χ0n) is 33.5. The maximum absolute atomic E-state index is 13.8. The van der Waals surface area contributed by atoms with Gasteiger partial charge in [0.1, 0.15) is 17.1 Å². The lowest BCUT2D eigenvalue weighted by molar-refractivity contribution is -0.384. The first-order valence-electron chi connectivity index (χ1n) is 20.9. The first-order valence-corrected chi connectivity index (χ1v) is 22.1. The molecule has 312 valence electrons. The Balaban J connectivity index is 0.894. The van der Waals surface area contributed by atoms with Crippen molar-refractivity contribution in [3.63, 3.8) is 0 Å². The molecular formula is C45H49ClN8O5S. The number of ether oxygens (including phenoxy) is 2. The number of fused-ring (bicyclic) bond motifs is 1. The van der Waals surface area contributed by atoms with Crippen LogP contribution in [-0.2, 0) is 4.74 Å². The number of halogens is 1. The molecule has 1 amide bonds. The summed E-state index contributed by atoms with van der Waals surface area (Å²) >= 11 is 7.28. The first kappa shape index (κ1) is 40.3. The molecule has 2 aliphatic heterocycles. The molecule has 0 unspecified atom stereocenters. The van der Waals surface area contributed by atoms with E-state index in [1.807, 2.05) is 36.5 Å². The molecular weight excluding hydrogens is 800 g/mol. The van der Waals surface area contributed by atoms with Crippen LogP contribution in [0.2, 0.25) is 5.02 Å². The van der Waals surface area contributed by atoms with Gasteiger partial charge < -0.3 is 24.7 Å². The van der Waals surface area contributed by atoms with Gasteiger partial charge in [-0.05, 0) is 116 Å². The second-order valence-electron chi connectivity index (χ2n) is 16.5. The number of carbonyl (C=O) groups excluding carboxylic acids is 1. The number of aromatic nitrogens is 3. The average Bonchev–Trinajstić information content (AvgIpc) is 3.74. The minimum absolute atomic E-state index is 0.0555. The molecule has 13 nitrogen and oxygen atoms in total. The van der Waals surface area contributed by atoms with E-state index in [0.717, 1.165) is 92.1 Å². The van der Waals surface area contributed by atoms with Gasteiger partial charge in [-0.1, -0.05) is 35.7 Å². The molecule has 60 heavy (non-hydrogen) atoms. The molecule has 0 atom stereocenters. The Hall–Kier alpha value is -5.15. The molecule has 3 aromatic heterocycles. The highest BCUT2D eigenvalue weighted by Gasteiger charge is 2.41. The molecule has 5 aromatic rings. The molecule has 0 bridgehead atoms. The van der Waals surface area contributed by atoms with Crippen molar-refractivity contribution in [1.82, 2.24) is 24.6 Å². The van der Waals surface area contributed by atoms with Gasteiger partial charge in [0, 0.05) is 86.1 Å². The number of benzene rings is 2. The number of hydrogen-bond acceptors (Lipinski definition) is 11. The maximum Gasteiger partial charge on any atom is 0.293 e. The summed E-state index contributed by atoms with van der Waals surface area (Å²) < 4.78 is 14.7.